The van der Waals surface area contributed by atoms with Crippen molar-refractivity contribution < 1.29 is 80.3 Å². The first-order valence-electron chi connectivity index (χ1n) is 13.0. The summed E-state index contributed by atoms with van der Waals surface area (Å²) in [5.74, 6) is -6.22. The van der Waals surface area contributed by atoms with Gasteiger partial charge in [0.25, 0.3) is 0 Å². The van der Waals surface area contributed by atoms with Crippen LogP contribution in [-0.2, 0) is 19.1 Å². The van der Waals surface area contributed by atoms with E-state index in [4.69, 9.17) is 9.47 Å². The molecule has 4 rings (SSSR count). The number of Topliss-reactive ketones (excluding diaryl/α,β-unsaturated/α-hetero) is 2. The van der Waals surface area contributed by atoms with E-state index >= 15 is 0 Å². The van der Waals surface area contributed by atoms with Gasteiger partial charge in [0.15, 0.2) is 0 Å². The van der Waals surface area contributed by atoms with Gasteiger partial charge < -0.3 is 70.8 Å². The van der Waals surface area contributed by atoms with E-state index in [0.717, 1.165) is 6.08 Å². The number of aliphatic hydroxyl groups is 11. The highest BCUT2D eigenvalue weighted by molar-refractivity contribution is 6.28. The summed E-state index contributed by atoms with van der Waals surface area (Å²) in [6, 6.07) is 5.37. The minimum absolute atomic E-state index is 0.0887. The van der Waals surface area contributed by atoms with Crippen molar-refractivity contribution in [3.8, 4) is 5.75 Å². The van der Waals surface area contributed by atoms with E-state index < -0.39 is 114 Å². The lowest BCUT2D eigenvalue weighted by molar-refractivity contribution is -0.261. The van der Waals surface area contributed by atoms with Crippen LogP contribution in [0.15, 0.2) is 53.0 Å². The van der Waals surface area contributed by atoms with Gasteiger partial charge in [-0.15, -0.1) is 0 Å². The summed E-state index contributed by atoms with van der Waals surface area (Å²) in [5.41, 5.74) is -5.76. The molecular formula is C27H32O16. The number of allylic oxidation sites excluding steroid dienone is 2. The average Bonchev–Trinajstić information content (AvgIpc) is 2.97. The second kappa shape index (κ2) is 12.4. The second-order valence-corrected chi connectivity index (χ2v) is 10.4. The third-order valence-corrected chi connectivity index (χ3v) is 7.69. The predicted molar refractivity (Wildman–Crippen MR) is 139 cm³/mol. The van der Waals surface area contributed by atoms with Crippen molar-refractivity contribution >= 4 is 17.6 Å². The maximum atomic E-state index is 13.8. The summed E-state index contributed by atoms with van der Waals surface area (Å²) in [6.45, 7) is -1.69. The molecule has 12 N–H and O–H groups in total. The highest BCUT2D eigenvalue weighted by Gasteiger charge is 2.65. The average molecular weight is 613 g/mol. The van der Waals surface area contributed by atoms with Crippen molar-refractivity contribution in [2.75, 3.05) is 13.2 Å². The van der Waals surface area contributed by atoms with Crippen LogP contribution in [0.25, 0.3) is 6.08 Å². The Labute approximate surface area is 242 Å². The van der Waals surface area contributed by atoms with Gasteiger partial charge in [-0.3, -0.25) is 9.59 Å². The first-order chi connectivity index (χ1) is 20.2. The smallest absolute Gasteiger partial charge is 0.219 e. The molecule has 0 amide bonds. The van der Waals surface area contributed by atoms with Crippen molar-refractivity contribution in [3.05, 3.63) is 58.6 Å². The van der Waals surface area contributed by atoms with Crippen molar-refractivity contribution in [2.24, 2.45) is 0 Å². The largest absolute Gasteiger partial charge is 0.508 e. The fourth-order valence-corrected chi connectivity index (χ4v) is 5.18. The van der Waals surface area contributed by atoms with E-state index in [1.54, 1.807) is 0 Å². The first-order valence-corrected chi connectivity index (χ1v) is 13.0. The fraction of sp³-hybridized carbons (Fsp3) is 0.481. The van der Waals surface area contributed by atoms with Gasteiger partial charge in [-0.1, -0.05) is 18.2 Å². The molecule has 16 nitrogen and oxygen atoms in total. The second-order valence-electron chi connectivity index (χ2n) is 10.4. The standard InChI is InChI=1S/C27H32O16/c28-7-13-17(33)20(36)22(38)26(43-13)27(41)24(39)14(11(30)6-3-9-1-4-10(29)5-2-9)18(34)15(25(27)40)19(35)23-21(37)16(32)12(31)8-42-23/h1-6,12-13,16-17,19-23,26,28-38,41H,7-8H2/b6-3-,14-11+. The first kappa shape index (κ1) is 32.6. The minimum Gasteiger partial charge on any atom is -0.508 e. The number of hydrogen-bond donors (Lipinski definition) is 12. The highest BCUT2D eigenvalue weighted by Crippen LogP contribution is 2.41. The van der Waals surface area contributed by atoms with Gasteiger partial charge in [0.2, 0.25) is 17.2 Å². The number of hydrogen-bond acceptors (Lipinski definition) is 16. The van der Waals surface area contributed by atoms with Crippen LogP contribution in [0.1, 0.15) is 5.56 Å². The molecule has 236 valence electrons. The van der Waals surface area contributed by atoms with Gasteiger partial charge >= 0.3 is 0 Å². The Bertz CT molecular complexity index is 1320. The number of aromatic hydroxyl groups is 1. The van der Waals surface area contributed by atoms with Crippen molar-refractivity contribution in [3.63, 3.8) is 0 Å². The molecule has 2 fully saturated rings. The van der Waals surface area contributed by atoms with Gasteiger partial charge in [-0.25, -0.2) is 0 Å². The number of aliphatic hydroxyl groups excluding tert-OH is 10. The molecule has 0 spiro atoms. The number of ketones is 2. The third kappa shape index (κ3) is 5.59. The van der Waals surface area contributed by atoms with E-state index in [0.29, 0.717) is 5.56 Å². The molecule has 0 saturated carbocycles. The quantitative estimate of drug-likeness (QED) is 0.0820. The van der Waals surface area contributed by atoms with E-state index in [9.17, 15) is 70.9 Å². The number of phenols is 1. The maximum absolute atomic E-state index is 13.8. The van der Waals surface area contributed by atoms with Crippen LogP contribution in [-0.4, -0.2) is 153 Å². The van der Waals surface area contributed by atoms with Crippen LogP contribution >= 0.6 is 0 Å². The topological polar surface area (TPSA) is 295 Å². The van der Waals surface area contributed by atoms with Crippen LogP contribution in [0, 0.1) is 0 Å². The molecule has 1 aliphatic carbocycles. The molecule has 2 aliphatic heterocycles. The molecule has 11 unspecified atom stereocenters. The zero-order valence-corrected chi connectivity index (χ0v) is 22.2. The molecule has 0 aromatic heterocycles. The SMILES string of the molecule is O=C1C(C(O)C2OCC(O)C(O)C2O)=C(O)/C(=C(O)/C=C\c2ccc(O)cc2)C(=O)C1(O)C1OC(CO)C(O)C(O)C1O. The predicted octanol–water partition coefficient (Wildman–Crippen LogP) is -4.40. The summed E-state index contributed by atoms with van der Waals surface area (Å²) < 4.78 is 10.4. The Morgan fingerprint density at radius 2 is 1.56 bits per heavy atom. The van der Waals surface area contributed by atoms with Gasteiger partial charge in [0, 0.05) is 0 Å². The highest BCUT2D eigenvalue weighted by atomic mass is 16.6. The molecule has 0 radical (unpaired) electrons. The molecule has 11 atom stereocenters. The van der Waals surface area contributed by atoms with Gasteiger partial charge in [0.05, 0.1) is 18.8 Å². The molecule has 1 aromatic carbocycles. The number of rotatable bonds is 6. The van der Waals surface area contributed by atoms with Crippen LogP contribution in [0.3, 0.4) is 0 Å². The summed E-state index contributed by atoms with van der Waals surface area (Å²) >= 11 is 0. The molecule has 2 saturated heterocycles. The van der Waals surface area contributed by atoms with Gasteiger partial charge in [-0.2, -0.15) is 0 Å². The summed E-state index contributed by atoms with van der Waals surface area (Å²) in [4.78, 5) is 27.5. The summed E-state index contributed by atoms with van der Waals surface area (Å²) in [6.07, 6.45) is -18.7. The molecule has 0 bridgehead atoms. The van der Waals surface area contributed by atoms with E-state index in [1.165, 1.54) is 30.3 Å². The Balaban J connectivity index is 1.88. The Hall–Kier alpha value is -3.26. The lowest BCUT2D eigenvalue weighted by atomic mass is 9.69. The van der Waals surface area contributed by atoms with E-state index in [-0.39, 0.29) is 5.75 Å². The van der Waals surface area contributed by atoms with Crippen molar-refractivity contribution in [2.45, 2.75) is 66.6 Å². The molecule has 16 heteroatoms. The number of carbonyl (C=O) groups excluding carboxylic acids is 2. The third-order valence-electron chi connectivity index (χ3n) is 7.69. The Kier molecular flexibility index (Phi) is 9.41. The van der Waals surface area contributed by atoms with Crippen molar-refractivity contribution in [1.29, 1.82) is 0 Å². The number of carbonyl (C=O) groups is 2. The summed E-state index contributed by atoms with van der Waals surface area (Å²) in [7, 11) is 0. The minimum atomic E-state index is -3.65. The van der Waals surface area contributed by atoms with E-state index in [1.807, 2.05) is 0 Å². The molecule has 1 aromatic rings. The van der Waals surface area contributed by atoms with Crippen molar-refractivity contribution in [1.82, 2.24) is 0 Å². The molecule has 2 heterocycles. The molecule has 43 heavy (non-hydrogen) atoms. The number of phenolic OH excluding ortho intramolecular Hbond substituents is 1. The van der Waals surface area contributed by atoms with Crippen LogP contribution < -0.4 is 0 Å². The zero-order valence-electron chi connectivity index (χ0n) is 22.2. The fourth-order valence-electron chi connectivity index (χ4n) is 5.18. The van der Waals surface area contributed by atoms with Gasteiger partial charge in [0.1, 0.15) is 83.9 Å². The lowest BCUT2D eigenvalue weighted by Gasteiger charge is -2.47. The normalized spacial score (nSPS) is 39.3. The Morgan fingerprint density at radius 3 is 2.16 bits per heavy atom. The lowest BCUT2D eigenvalue weighted by Crippen LogP contribution is -2.71. The summed E-state index contributed by atoms with van der Waals surface area (Å²) in [5, 5.41) is 125. The number of benzene rings is 1. The number of ether oxygens (including phenoxy) is 2. The van der Waals surface area contributed by atoms with E-state index in [2.05, 4.69) is 0 Å². The Morgan fingerprint density at radius 1 is 0.930 bits per heavy atom. The van der Waals surface area contributed by atoms with Crippen LogP contribution in [0.4, 0.5) is 0 Å². The molecular weight excluding hydrogens is 580 g/mol. The van der Waals surface area contributed by atoms with Crippen LogP contribution in [0.2, 0.25) is 0 Å². The maximum Gasteiger partial charge on any atom is 0.219 e. The molecule has 3 aliphatic rings. The van der Waals surface area contributed by atoms with Crippen LogP contribution in [0.5, 0.6) is 5.75 Å². The monoisotopic (exact) mass is 612 g/mol. The van der Waals surface area contributed by atoms with Gasteiger partial charge in [-0.05, 0) is 23.8 Å². The zero-order chi connectivity index (χ0) is 32.0.